The number of carbonyl (C=O) groups is 2. The fourth-order valence-electron chi connectivity index (χ4n) is 2.83. The summed E-state index contributed by atoms with van der Waals surface area (Å²) in [4.78, 5) is 28.4. The molecule has 0 bridgehead atoms. The van der Waals surface area contributed by atoms with Gasteiger partial charge in [0.1, 0.15) is 5.82 Å². The summed E-state index contributed by atoms with van der Waals surface area (Å²) in [6.07, 6.45) is 0.921. The first kappa shape index (κ1) is 20.6. The molecule has 0 aromatic heterocycles. The first-order valence-corrected chi connectivity index (χ1v) is 9.27. The SMILES string of the molecule is CCCNC(=O)CN1CCN([C@@H](C)C(=O)Nc2ccc(F)cc2Cl)CC1. The minimum absolute atomic E-state index is 0.0389. The van der Waals surface area contributed by atoms with Gasteiger partial charge in [-0.05, 0) is 31.5 Å². The highest BCUT2D eigenvalue weighted by Gasteiger charge is 2.26. The fourth-order valence-corrected chi connectivity index (χ4v) is 3.04. The van der Waals surface area contributed by atoms with Gasteiger partial charge in [0.25, 0.3) is 0 Å². The van der Waals surface area contributed by atoms with Crippen LogP contribution in [0.4, 0.5) is 10.1 Å². The van der Waals surface area contributed by atoms with Crippen molar-refractivity contribution in [1.82, 2.24) is 15.1 Å². The summed E-state index contributed by atoms with van der Waals surface area (Å²) >= 11 is 5.95. The van der Waals surface area contributed by atoms with Crippen molar-refractivity contribution in [2.75, 3.05) is 44.6 Å². The van der Waals surface area contributed by atoms with E-state index >= 15 is 0 Å². The molecule has 1 saturated heterocycles. The molecule has 0 unspecified atom stereocenters. The summed E-state index contributed by atoms with van der Waals surface area (Å²) in [5, 5.41) is 5.79. The zero-order valence-corrected chi connectivity index (χ0v) is 16.0. The van der Waals surface area contributed by atoms with Crippen LogP contribution in [0.2, 0.25) is 5.02 Å². The molecule has 1 aliphatic rings. The highest BCUT2D eigenvalue weighted by molar-refractivity contribution is 6.33. The summed E-state index contributed by atoms with van der Waals surface area (Å²) in [6.45, 7) is 7.80. The minimum atomic E-state index is -0.444. The van der Waals surface area contributed by atoms with Crippen molar-refractivity contribution < 1.29 is 14.0 Å². The smallest absolute Gasteiger partial charge is 0.241 e. The molecule has 0 spiro atoms. The summed E-state index contributed by atoms with van der Waals surface area (Å²) in [5.41, 5.74) is 0.399. The maximum Gasteiger partial charge on any atom is 0.241 e. The van der Waals surface area contributed by atoms with Crippen LogP contribution in [0.3, 0.4) is 0 Å². The van der Waals surface area contributed by atoms with E-state index in [0.29, 0.717) is 31.9 Å². The Kier molecular flexibility index (Phi) is 7.81. The van der Waals surface area contributed by atoms with E-state index in [-0.39, 0.29) is 22.9 Å². The molecule has 1 aliphatic heterocycles. The number of hydrogen-bond donors (Lipinski definition) is 2. The largest absolute Gasteiger partial charge is 0.355 e. The lowest BCUT2D eigenvalue weighted by Crippen LogP contribution is -2.54. The van der Waals surface area contributed by atoms with E-state index in [2.05, 4.69) is 20.4 Å². The van der Waals surface area contributed by atoms with Crippen molar-refractivity contribution in [3.63, 3.8) is 0 Å². The van der Waals surface area contributed by atoms with E-state index in [1.54, 1.807) is 0 Å². The lowest BCUT2D eigenvalue weighted by molar-refractivity contribution is -0.124. The monoisotopic (exact) mass is 384 g/mol. The zero-order chi connectivity index (χ0) is 19.1. The molecular weight excluding hydrogens is 359 g/mol. The first-order chi connectivity index (χ1) is 12.4. The predicted molar refractivity (Wildman–Crippen MR) is 101 cm³/mol. The number of halogens is 2. The average molecular weight is 385 g/mol. The number of hydrogen-bond acceptors (Lipinski definition) is 4. The third kappa shape index (κ3) is 5.93. The third-order valence-electron chi connectivity index (χ3n) is 4.46. The van der Waals surface area contributed by atoms with Gasteiger partial charge in [0.15, 0.2) is 0 Å². The summed E-state index contributed by atoms with van der Waals surface area (Å²) in [7, 11) is 0. The lowest BCUT2D eigenvalue weighted by Gasteiger charge is -2.37. The molecular formula is C18H26ClFN4O2. The van der Waals surface area contributed by atoms with Crippen LogP contribution in [-0.2, 0) is 9.59 Å². The Bertz CT molecular complexity index is 636. The number of benzene rings is 1. The summed E-state index contributed by atoms with van der Waals surface area (Å²) in [6, 6.07) is 3.54. The maximum atomic E-state index is 13.1. The molecule has 1 fully saturated rings. The maximum absolute atomic E-state index is 13.1. The van der Waals surface area contributed by atoms with Crippen molar-refractivity contribution in [3.05, 3.63) is 29.0 Å². The quantitative estimate of drug-likeness (QED) is 0.754. The van der Waals surface area contributed by atoms with Gasteiger partial charge in [0.05, 0.1) is 23.3 Å². The Labute approximate surface area is 158 Å². The number of nitrogens with one attached hydrogen (secondary N) is 2. The number of piperazine rings is 1. The lowest BCUT2D eigenvalue weighted by atomic mass is 10.2. The van der Waals surface area contributed by atoms with Gasteiger partial charge in [0.2, 0.25) is 11.8 Å². The van der Waals surface area contributed by atoms with Gasteiger partial charge in [-0.1, -0.05) is 18.5 Å². The Morgan fingerprint density at radius 2 is 1.96 bits per heavy atom. The van der Waals surface area contributed by atoms with Crippen LogP contribution in [-0.4, -0.2) is 66.9 Å². The minimum Gasteiger partial charge on any atom is -0.355 e. The van der Waals surface area contributed by atoms with Crippen LogP contribution < -0.4 is 10.6 Å². The van der Waals surface area contributed by atoms with Crippen LogP contribution in [0.5, 0.6) is 0 Å². The van der Waals surface area contributed by atoms with Gasteiger partial charge in [-0.3, -0.25) is 19.4 Å². The molecule has 2 rings (SSSR count). The number of rotatable bonds is 7. The molecule has 1 aromatic carbocycles. The molecule has 6 nitrogen and oxygen atoms in total. The van der Waals surface area contributed by atoms with Gasteiger partial charge < -0.3 is 10.6 Å². The van der Waals surface area contributed by atoms with Crippen LogP contribution in [0, 0.1) is 5.82 Å². The number of anilines is 1. The van der Waals surface area contributed by atoms with Crippen molar-refractivity contribution in [2.24, 2.45) is 0 Å². The van der Waals surface area contributed by atoms with Crippen molar-refractivity contribution in [2.45, 2.75) is 26.3 Å². The molecule has 8 heteroatoms. The molecule has 1 aromatic rings. The molecule has 26 heavy (non-hydrogen) atoms. The Balaban J connectivity index is 1.80. The van der Waals surface area contributed by atoms with Gasteiger partial charge in [-0.2, -0.15) is 0 Å². The van der Waals surface area contributed by atoms with E-state index in [0.717, 1.165) is 19.5 Å². The highest BCUT2D eigenvalue weighted by Crippen LogP contribution is 2.23. The number of nitrogens with zero attached hydrogens (tertiary/aromatic N) is 2. The number of carbonyl (C=O) groups excluding carboxylic acids is 2. The number of amides is 2. The Morgan fingerprint density at radius 3 is 2.58 bits per heavy atom. The van der Waals surface area contributed by atoms with Gasteiger partial charge in [-0.15, -0.1) is 0 Å². The van der Waals surface area contributed by atoms with Crippen LogP contribution in [0.15, 0.2) is 18.2 Å². The molecule has 0 aliphatic carbocycles. The van der Waals surface area contributed by atoms with Gasteiger partial charge in [0, 0.05) is 32.7 Å². The van der Waals surface area contributed by atoms with Gasteiger partial charge >= 0.3 is 0 Å². The first-order valence-electron chi connectivity index (χ1n) is 8.89. The van der Waals surface area contributed by atoms with Gasteiger partial charge in [-0.25, -0.2) is 4.39 Å². The zero-order valence-electron chi connectivity index (χ0n) is 15.2. The second-order valence-corrected chi connectivity index (χ2v) is 6.86. The highest BCUT2D eigenvalue weighted by atomic mass is 35.5. The Hall–Kier alpha value is -1.70. The molecule has 0 saturated carbocycles. The van der Waals surface area contributed by atoms with E-state index in [1.807, 2.05) is 13.8 Å². The second-order valence-electron chi connectivity index (χ2n) is 6.45. The van der Waals surface area contributed by atoms with E-state index in [4.69, 9.17) is 11.6 Å². The summed E-state index contributed by atoms with van der Waals surface area (Å²) in [5.74, 6) is -0.593. The fraction of sp³-hybridized carbons (Fsp3) is 0.556. The van der Waals surface area contributed by atoms with E-state index in [1.165, 1.54) is 18.2 Å². The second kappa shape index (κ2) is 9.85. The van der Waals surface area contributed by atoms with Crippen LogP contribution in [0.1, 0.15) is 20.3 Å². The third-order valence-corrected chi connectivity index (χ3v) is 4.78. The molecule has 1 atom stereocenters. The van der Waals surface area contributed by atoms with Crippen LogP contribution in [0.25, 0.3) is 0 Å². The Morgan fingerprint density at radius 1 is 1.27 bits per heavy atom. The van der Waals surface area contributed by atoms with E-state index < -0.39 is 5.82 Å². The van der Waals surface area contributed by atoms with Crippen LogP contribution >= 0.6 is 11.6 Å². The molecule has 2 amide bonds. The summed E-state index contributed by atoms with van der Waals surface area (Å²) < 4.78 is 13.1. The van der Waals surface area contributed by atoms with E-state index in [9.17, 15) is 14.0 Å². The van der Waals surface area contributed by atoms with Crippen molar-refractivity contribution >= 4 is 29.1 Å². The molecule has 0 radical (unpaired) electrons. The molecule has 1 heterocycles. The molecule has 144 valence electrons. The predicted octanol–water partition coefficient (Wildman–Crippen LogP) is 1.95. The standard InChI is InChI=1S/C18H26ClFN4O2/c1-3-6-21-17(25)12-23-7-9-24(10-8-23)13(2)18(26)22-16-5-4-14(20)11-15(16)19/h4-5,11,13H,3,6-10,12H2,1-2H3,(H,21,25)(H,22,26)/t13-/m0/s1. The van der Waals surface area contributed by atoms with Crippen molar-refractivity contribution in [1.29, 1.82) is 0 Å². The molecule has 2 N–H and O–H groups in total. The average Bonchev–Trinajstić information content (AvgIpc) is 2.62. The van der Waals surface area contributed by atoms with Crippen molar-refractivity contribution in [3.8, 4) is 0 Å². The normalized spacial score (nSPS) is 16.9. The topological polar surface area (TPSA) is 64.7 Å².